The standard InChI is InChI=1S/C12H23NO2.ClH/c1-12(2)8-13-11(15-9-12)6-10-4-3-5-14-7-10;/h10-11,13H,3-9H2,1-2H3;1H. The lowest BCUT2D eigenvalue weighted by atomic mass is 9.92. The van der Waals surface area contributed by atoms with Gasteiger partial charge >= 0.3 is 0 Å². The fourth-order valence-electron chi connectivity index (χ4n) is 2.27. The third-order valence-corrected chi connectivity index (χ3v) is 3.29. The second kappa shape index (κ2) is 6.20. The summed E-state index contributed by atoms with van der Waals surface area (Å²) in [5, 5.41) is 3.48. The van der Waals surface area contributed by atoms with E-state index in [4.69, 9.17) is 9.47 Å². The van der Waals surface area contributed by atoms with Crippen LogP contribution in [-0.2, 0) is 9.47 Å². The van der Waals surface area contributed by atoms with Gasteiger partial charge in [0.2, 0.25) is 0 Å². The van der Waals surface area contributed by atoms with Gasteiger partial charge in [0.25, 0.3) is 0 Å². The van der Waals surface area contributed by atoms with Crippen molar-refractivity contribution in [1.29, 1.82) is 0 Å². The summed E-state index contributed by atoms with van der Waals surface area (Å²) >= 11 is 0. The fraction of sp³-hybridized carbons (Fsp3) is 1.00. The smallest absolute Gasteiger partial charge is 0.108 e. The van der Waals surface area contributed by atoms with Gasteiger partial charge in [-0.2, -0.15) is 0 Å². The van der Waals surface area contributed by atoms with E-state index < -0.39 is 0 Å². The average molecular weight is 250 g/mol. The lowest BCUT2D eigenvalue weighted by molar-refractivity contribution is -0.0768. The quantitative estimate of drug-likeness (QED) is 0.814. The summed E-state index contributed by atoms with van der Waals surface area (Å²) in [6, 6.07) is 0. The van der Waals surface area contributed by atoms with Crippen LogP contribution < -0.4 is 5.32 Å². The molecule has 2 fully saturated rings. The Kier molecular flexibility index (Phi) is 5.51. The van der Waals surface area contributed by atoms with Crippen molar-refractivity contribution in [2.24, 2.45) is 11.3 Å². The Labute approximate surface area is 105 Å². The largest absolute Gasteiger partial charge is 0.381 e. The van der Waals surface area contributed by atoms with Crippen molar-refractivity contribution in [3.8, 4) is 0 Å². The first-order valence-electron chi connectivity index (χ1n) is 6.08. The van der Waals surface area contributed by atoms with Crippen molar-refractivity contribution in [2.75, 3.05) is 26.4 Å². The molecule has 2 heterocycles. The summed E-state index contributed by atoms with van der Waals surface area (Å²) in [4.78, 5) is 0. The molecule has 2 saturated heterocycles. The Bertz CT molecular complexity index is 195. The van der Waals surface area contributed by atoms with E-state index in [1.165, 1.54) is 12.8 Å². The van der Waals surface area contributed by atoms with E-state index in [9.17, 15) is 0 Å². The molecule has 96 valence electrons. The van der Waals surface area contributed by atoms with Crippen LogP contribution >= 0.6 is 12.4 Å². The van der Waals surface area contributed by atoms with E-state index in [-0.39, 0.29) is 18.6 Å². The summed E-state index contributed by atoms with van der Waals surface area (Å²) in [6.45, 7) is 8.27. The first-order chi connectivity index (χ1) is 7.16. The first kappa shape index (κ1) is 14.2. The fourth-order valence-corrected chi connectivity index (χ4v) is 2.27. The minimum Gasteiger partial charge on any atom is -0.381 e. The van der Waals surface area contributed by atoms with E-state index >= 15 is 0 Å². The molecule has 0 aliphatic carbocycles. The molecule has 3 nitrogen and oxygen atoms in total. The van der Waals surface area contributed by atoms with Gasteiger partial charge in [-0.05, 0) is 25.2 Å². The highest BCUT2D eigenvalue weighted by Gasteiger charge is 2.28. The Morgan fingerprint density at radius 3 is 2.75 bits per heavy atom. The molecule has 0 aromatic rings. The van der Waals surface area contributed by atoms with Crippen molar-refractivity contribution in [3.05, 3.63) is 0 Å². The van der Waals surface area contributed by atoms with E-state index in [1.54, 1.807) is 0 Å². The second-order valence-electron chi connectivity index (χ2n) is 5.66. The van der Waals surface area contributed by atoms with Crippen LogP contribution in [-0.4, -0.2) is 32.6 Å². The molecular weight excluding hydrogens is 226 g/mol. The molecular formula is C12H24ClNO2. The van der Waals surface area contributed by atoms with E-state index in [2.05, 4.69) is 19.2 Å². The molecule has 0 aromatic carbocycles. The van der Waals surface area contributed by atoms with Gasteiger partial charge in [0.05, 0.1) is 6.61 Å². The van der Waals surface area contributed by atoms with Crippen molar-refractivity contribution in [1.82, 2.24) is 5.32 Å². The number of rotatable bonds is 2. The van der Waals surface area contributed by atoms with Crippen LogP contribution in [0.25, 0.3) is 0 Å². The molecule has 4 heteroatoms. The molecule has 2 unspecified atom stereocenters. The van der Waals surface area contributed by atoms with Crippen LogP contribution in [0.2, 0.25) is 0 Å². The number of hydrogen-bond donors (Lipinski definition) is 1. The molecule has 0 radical (unpaired) electrons. The highest BCUT2D eigenvalue weighted by Crippen LogP contribution is 2.24. The SMILES string of the molecule is CC1(C)CNC(CC2CCCOC2)OC1.Cl. The molecule has 1 N–H and O–H groups in total. The van der Waals surface area contributed by atoms with Crippen molar-refractivity contribution >= 4 is 12.4 Å². The zero-order chi connectivity index (χ0) is 10.7. The topological polar surface area (TPSA) is 30.5 Å². The average Bonchev–Trinajstić information content (AvgIpc) is 2.23. The van der Waals surface area contributed by atoms with Crippen molar-refractivity contribution in [2.45, 2.75) is 39.3 Å². The van der Waals surface area contributed by atoms with Gasteiger partial charge < -0.3 is 9.47 Å². The molecule has 0 amide bonds. The summed E-state index contributed by atoms with van der Waals surface area (Å²) in [5.74, 6) is 0.692. The summed E-state index contributed by atoms with van der Waals surface area (Å²) in [5.41, 5.74) is 0.291. The van der Waals surface area contributed by atoms with E-state index in [1.807, 2.05) is 0 Å². The third-order valence-electron chi connectivity index (χ3n) is 3.29. The van der Waals surface area contributed by atoms with Crippen molar-refractivity contribution < 1.29 is 9.47 Å². The zero-order valence-corrected chi connectivity index (χ0v) is 11.1. The van der Waals surface area contributed by atoms with Crippen LogP contribution in [0, 0.1) is 11.3 Å². The predicted octanol–water partition coefficient (Wildman–Crippen LogP) is 2.20. The maximum absolute atomic E-state index is 5.83. The predicted molar refractivity (Wildman–Crippen MR) is 66.9 cm³/mol. The highest BCUT2D eigenvalue weighted by atomic mass is 35.5. The molecule has 0 aromatic heterocycles. The number of hydrogen-bond acceptors (Lipinski definition) is 3. The Morgan fingerprint density at radius 1 is 1.38 bits per heavy atom. The lowest BCUT2D eigenvalue weighted by Gasteiger charge is -2.37. The van der Waals surface area contributed by atoms with Gasteiger partial charge in [0.1, 0.15) is 6.23 Å². The molecule has 0 spiro atoms. The van der Waals surface area contributed by atoms with E-state index in [0.717, 1.165) is 32.8 Å². The Balaban J connectivity index is 0.00000128. The van der Waals surface area contributed by atoms with Gasteiger partial charge in [-0.1, -0.05) is 13.8 Å². The molecule has 2 aliphatic heterocycles. The maximum Gasteiger partial charge on any atom is 0.108 e. The summed E-state index contributed by atoms with van der Waals surface area (Å²) in [6.07, 6.45) is 3.87. The number of halogens is 1. The summed E-state index contributed by atoms with van der Waals surface area (Å²) < 4.78 is 11.3. The molecule has 0 bridgehead atoms. The van der Waals surface area contributed by atoms with E-state index in [0.29, 0.717) is 11.3 Å². The summed E-state index contributed by atoms with van der Waals surface area (Å²) in [7, 11) is 0. The normalized spacial score (nSPS) is 34.1. The monoisotopic (exact) mass is 249 g/mol. The maximum atomic E-state index is 5.83. The molecule has 2 atom stereocenters. The van der Waals surface area contributed by atoms with Crippen LogP contribution in [0.1, 0.15) is 33.1 Å². The lowest BCUT2D eigenvalue weighted by Crippen LogP contribution is -2.48. The zero-order valence-electron chi connectivity index (χ0n) is 10.3. The molecule has 2 aliphatic rings. The van der Waals surface area contributed by atoms with Crippen LogP contribution in [0.3, 0.4) is 0 Å². The van der Waals surface area contributed by atoms with Crippen LogP contribution in [0.15, 0.2) is 0 Å². The minimum absolute atomic E-state index is 0. The molecule has 16 heavy (non-hydrogen) atoms. The van der Waals surface area contributed by atoms with Gasteiger partial charge in [-0.15, -0.1) is 12.4 Å². The minimum atomic E-state index is 0. The Morgan fingerprint density at radius 2 is 2.19 bits per heavy atom. The van der Waals surface area contributed by atoms with Crippen molar-refractivity contribution in [3.63, 3.8) is 0 Å². The molecule has 0 saturated carbocycles. The number of nitrogens with one attached hydrogen (secondary N) is 1. The van der Waals surface area contributed by atoms with Crippen LogP contribution in [0.4, 0.5) is 0 Å². The van der Waals surface area contributed by atoms with Gasteiger partial charge in [-0.25, -0.2) is 0 Å². The number of ether oxygens (including phenoxy) is 2. The highest BCUT2D eigenvalue weighted by molar-refractivity contribution is 5.85. The van der Waals surface area contributed by atoms with Gasteiger partial charge in [0.15, 0.2) is 0 Å². The van der Waals surface area contributed by atoms with Gasteiger partial charge in [0, 0.05) is 25.2 Å². The molecule has 2 rings (SSSR count). The second-order valence-corrected chi connectivity index (χ2v) is 5.66. The first-order valence-corrected chi connectivity index (χ1v) is 6.08. The third kappa shape index (κ3) is 4.21. The Hall–Kier alpha value is 0.170. The van der Waals surface area contributed by atoms with Crippen LogP contribution in [0.5, 0.6) is 0 Å². The van der Waals surface area contributed by atoms with Gasteiger partial charge in [-0.3, -0.25) is 5.32 Å².